The number of thiocarbonyl (C=S) groups is 1. The zero-order chi connectivity index (χ0) is 19.8. The summed E-state index contributed by atoms with van der Waals surface area (Å²) >= 11 is 5.02. The molecule has 0 atom stereocenters. The average Bonchev–Trinajstić information content (AvgIpc) is 2.71. The molecule has 0 aliphatic heterocycles. The number of methoxy groups -OCH3 is 3. The van der Waals surface area contributed by atoms with Crippen LogP contribution < -0.4 is 30.4 Å². The molecule has 0 saturated heterocycles. The van der Waals surface area contributed by atoms with Gasteiger partial charge >= 0.3 is 0 Å². The minimum absolute atomic E-state index is 0.0697. The highest BCUT2D eigenvalue weighted by molar-refractivity contribution is 7.80. The Morgan fingerprint density at radius 3 is 2.15 bits per heavy atom. The van der Waals surface area contributed by atoms with Gasteiger partial charge in [0.15, 0.2) is 16.6 Å². The summed E-state index contributed by atoms with van der Waals surface area (Å²) in [7, 11) is 4.44. The molecule has 0 heterocycles. The van der Waals surface area contributed by atoms with Crippen molar-refractivity contribution in [3.05, 3.63) is 53.6 Å². The maximum atomic E-state index is 12.2. The number of hydrogen-bond acceptors (Lipinski definition) is 6. The topological polar surface area (TPSA) is 97.9 Å². The predicted octanol–water partition coefficient (Wildman–Crippen LogP) is 1.66. The molecule has 0 aromatic heterocycles. The first-order chi connectivity index (χ1) is 13.0. The van der Waals surface area contributed by atoms with Gasteiger partial charge in [-0.05, 0) is 42.5 Å². The van der Waals surface area contributed by atoms with E-state index in [1.165, 1.54) is 27.4 Å². The number of rotatable bonds is 5. The number of carbonyl (C=O) groups excluding carboxylic acids is 2. The monoisotopic (exact) mass is 389 g/mol. The Morgan fingerprint density at radius 1 is 0.815 bits per heavy atom. The quantitative estimate of drug-likeness (QED) is 0.528. The van der Waals surface area contributed by atoms with Gasteiger partial charge < -0.3 is 14.2 Å². The summed E-state index contributed by atoms with van der Waals surface area (Å²) in [6.07, 6.45) is 0. The largest absolute Gasteiger partial charge is 0.496 e. The molecule has 0 spiro atoms. The average molecular weight is 389 g/mol. The number of hydrogen-bond donors (Lipinski definition) is 3. The van der Waals surface area contributed by atoms with E-state index in [0.717, 1.165) is 0 Å². The van der Waals surface area contributed by atoms with Crippen molar-refractivity contribution in [1.82, 2.24) is 16.2 Å². The summed E-state index contributed by atoms with van der Waals surface area (Å²) in [6, 6.07) is 11.4. The molecule has 0 aliphatic rings. The van der Waals surface area contributed by atoms with Crippen LogP contribution in [-0.4, -0.2) is 38.3 Å². The van der Waals surface area contributed by atoms with E-state index >= 15 is 0 Å². The third kappa shape index (κ3) is 5.08. The highest BCUT2D eigenvalue weighted by Gasteiger charge is 2.14. The zero-order valence-electron chi connectivity index (χ0n) is 15.0. The van der Waals surface area contributed by atoms with E-state index in [1.807, 2.05) is 0 Å². The predicted molar refractivity (Wildman–Crippen MR) is 103 cm³/mol. The fraction of sp³-hybridized carbons (Fsp3) is 0.167. The van der Waals surface area contributed by atoms with Crippen molar-refractivity contribution >= 4 is 29.1 Å². The van der Waals surface area contributed by atoms with Crippen LogP contribution in [0, 0.1) is 0 Å². The normalized spacial score (nSPS) is 9.74. The van der Waals surface area contributed by atoms with Crippen LogP contribution in [0.15, 0.2) is 42.5 Å². The molecule has 3 N–H and O–H groups in total. The second-order valence-electron chi connectivity index (χ2n) is 5.13. The van der Waals surface area contributed by atoms with Gasteiger partial charge in [0.25, 0.3) is 11.8 Å². The van der Waals surface area contributed by atoms with Gasteiger partial charge in [0, 0.05) is 5.56 Å². The molecule has 2 aromatic carbocycles. The second kappa shape index (κ2) is 9.39. The molecule has 142 valence electrons. The van der Waals surface area contributed by atoms with Crippen LogP contribution in [-0.2, 0) is 0 Å². The first-order valence-electron chi connectivity index (χ1n) is 7.76. The first-order valence-corrected chi connectivity index (χ1v) is 8.17. The highest BCUT2D eigenvalue weighted by Crippen LogP contribution is 2.27. The van der Waals surface area contributed by atoms with Gasteiger partial charge in [0.2, 0.25) is 0 Å². The lowest BCUT2D eigenvalue weighted by atomic mass is 10.2. The lowest BCUT2D eigenvalue weighted by molar-refractivity contribution is 0.0933. The van der Waals surface area contributed by atoms with E-state index in [0.29, 0.717) is 28.4 Å². The number of nitrogens with one attached hydrogen (secondary N) is 3. The molecule has 8 nitrogen and oxygen atoms in total. The van der Waals surface area contributed by atoms with Crippen LogP contribution >= 0.6 is 12.2 Å². The standard InChI is InChI=1S/C18H19N3O5S/c1-24-13-7-5-4-6-12(13)17(23)19-18(27)21-20-16(22)11-8-9-14(25-2)15(10-11)26-3/h4-10H,1-3H3,(H,20,22)(H2,19,21,23,27). The van der Waals surface area contributed by atoms with Crippen molar-refractivity contribution in [3.63, 3.8) is 0 Å². The molecule has 2 amide bonds. The molecule has 0 radical (unpaired) electrons. The minimum atomic E-state index is -0.468. The fourth-order valence-corrected chi connectivity index (χ4v) is 2.34. The number of ether oxygens (including phenoxy) is 3. The third-order valence-electron chi connectivity index (χ3n) is 3.51. The molecule has 27 heavy (non-hydrogen) atoms. The maximum absolute atomic E-state index is 12.2. The highest BCUT2D eigenvalue weighted by atomic mass is 32.1. The van der Waals surface area contributed by atoms with Crippen molar-refractivity contribution < 1.29 is 23.8 Å². The lowest BCUT2D eigenvalue weighted by Crippen LogP contribution is -2.48. The van der Waals surface area contributed by atoms with Crippen LogP contribution in [0.5, 0.6) is 17.2 Å². The van der Waals surface area contributed by atoms with E-state index in [4.69, 9.17) is 26.4 Å². The van der Waals surface area contributed by atoms with Gasteiger partial charge in [0.1, 0.15) is 5.75 Å². The number of para-hydroxylation sites is 1. The second-order valence-corrected chi connectivity index (χ2v) is 5.54. The van der Waals surface area contributed by atoms with Crippen LogP contribution in [0.1, 0.15) is 20.7 Å². The van der Waals surface area contributed by atoms with Gasteiger partial charge in [0.05, 0.1) is 26.9 Å². The molecule has 2 aromatic rings. The van der Waals surface area contributed by atoms with Crippen molar-refractivity contribution in [3.8, 4) is 17.2 Å². The smallest absolute Gasteiger partial charge is 0.269 e. The zero-order valence-corrected chi connectivity index (χ0v) is 15.8. The Labute approximate surface area is 161 Å². The summed E-state index contributed by atoms with van der Waals surface area (Å²) in [4.78, 5) is 24.5. The Morgan fingerprint density at radius 2 is 1.48 bits per heavy atom. The van der Waals surface area contributed by atoms with E-state index in [2.05, 4.69) is 16.2 Å². The van der Waals surface area contributed by atoms with Gasteiger partial charge in [-0.25, -0.2) is 0 Å². The number of hydrazine groups is 1. The van der Waals surface area contributed by atoms with Crippen LogP contribution in [0.25, 0.3) is 0 Å². The van der Waals surface area contributed by atoms with Gasteiger partial charge in [-0.3, -0.25) is 25.8 Å². The molecule has 0 aliphatic carbocycles. The van der Waals surface area contributed by atoms with Crippen LogP contribution in [0.3, 0.4) is 0 Å². The Kier molecular flexibility index (Phi) is 6.95. The van der Waals surface area contributed by atoms with Gasteiger partial charge in [-0.2, -0.15) is 0 Å². The summed E-state index contributed by atoms with van der Waals surface area (Å²) in [5.74, 6) is 0.390. The van der Waals surface area contributed by atoms with E-state index < -0.39 is 11.8 Å². The van der Waals surface area contributed by atoms with E-state index in [9.17, 15) is 9.59 Å². The summed E-state index contributed by atoms with van der Waals surface area (Å²) in [6.45, 7) is 0. The molecule has 0 fully saturated rings. The van der Waals surface area contributed by atoms with Crippen LogP contribution in [0.4, 0.5) is 0 Å². The van der Waals surface area contributed by atoms with E-state index in [1.54, 1.807) is 36.4 Å². The Balaban J connectivity index is 1.95. The SMILES string of the molecule is COc1ccc(C(=O)NNC(=S)NC(=O)c2ccccc2OC)cc1OC. The molecule has 9 heteroatoms. The lowest BCUT2D eigenvalue weighted by Gasteiger charge is -2.13. The van der Waals surface area contributed by atoms with Crippen molar-refractivity contribution in [2.75, 3.05) is 21.3 Å². The van der Waals surface area contributed by atoms with Crippen molar-refractivity contribution in [1.29, 1.82) is 0 Å². The van der Waals surface area contributed by atoms with Gasteiger partial charge in [-0.15, -0.1) is 0 Å². The molecular formula is C18H19N3O5S. The molecule has 0 bridgehead atoms. The fourth-order valence-electron chi connectivity index (χ4n) is 2.20. The summed E-state index contributed by atoms with van der Waals surface area (Å²) < 4.78 is 15.4. The first kappa shape index (κ1) is 20.0. The molecular weight excluding hydrogens is 370 g/mol. The van der Waals surface area contributed by atoms with Crippen molar-refractivity contribution in [2.24, 2.45) is 0 Å². The third-order valence-corrected chi connectivity index (χ3v) is 3.72. The maximum Gasteiger partial charge on any atom is 0.269 e. The Bertz CT molecular complexity index is 857. The van der Waals surface area contributed by atoms with Crippen LogP contribution in [0.2, 0.25) is 0 Å². The molecule has 2 rings (SSSR count). The number of carbonyl (C=O) groups is 2. The van der Waals surface area contributed by atoms with Gasteiger partial charge in [-0.1, -0.05) is 12.1 Å². The number of benzene rings is 2. The summed E-state index contributed by atoms with van der Waals surface area (Å²) in [5, 5.41) is 2.39. The molecule has 0 unspecified atom stereocenters. The van der Waals surface area contributed by atoms with E-state index in [-0.39, 0.29) is 5.11 Å². The summed E-state index contributed by atoms with van der Waals surface area (Å²) in [5.41, 5.74) is 5.51. The Hall–Kier alpha value is -3.33. The molecule has 0 saturated carbocycles. The number of amides is 2. The minimum Gasteiger partial charge on any atom is -0.496 e. The van der Waals surface area contributed by atoms with Crippen molar-refractivity contribution in [2.45, 2.75) is 0 Å².